The molecule has 14 heavy (non-hydrogen) atoms. The minimum atomic E-state index is -0.634. The molecule has 3 nitrogen and oxygen atoms in total. The molecule has 0 radical (unpaired) electrons. The topological polar surface area (TPSA) is 70.0 Å². The van der Waals surface area contributed by atoms with Gasteiger partial charge in [0.05, 0.1) is 12.5 Å². The highest BCUT2D eigenvalue weighted by atomic mass is 35.5. The summed E-state index contributed by atoms with van der Waals surface area (Å²) in [6, 6.07) is 4.92. The zero-order valence-electron chi connectivity index (χ0n) is 7.27. The van der Waals surface area contributed by atoms with Crippen molar-refractivity contribution in [3.05, 3.63) is 29.6 Å². The van der Waals surface area contributed by atoms with Gasteiger partial charge in [0, 0.05) is 17.7 Å². The van der Waals surface area contributed by atoms with Crippen LogP contribution in [0.5, 0.6) is 5.75 Å². The van der Waals surface area contributed by atoms with Crippen LogP contribution in [0.1, 0.15) is 18.0 Å². The molecule has 0 aliphatic heterocycles. The predicted octanol–water partition coefficient (Wildman–Crippen LogP) is 1.87. The van der Waals surface area contributed by atoms with Crippen molar-refractivity contribution in [3.8, 4) is 11.8 Å². The van der Waals surface area contributed by atoms with Gasteiger partial charge in [0.1, 0.15) is 11.6 Å². The zero-order valence-corrected chi connectivity index (χ0v) is 8.09. The van der Waals surface area contributed by atoms with Gasteiger partial charge in [-0.2, -0.15) is 5.26 Å². The van der Waals surface area contributed by atoms with Gasteiger partial charge in [0.2, 0.25) is 0 Å². The molecule has 1 aromatic carbocycles. The molecule has 0 amide bonds. The zero-order chi connectivity index (χ0) is 9.84. The summed E-state index contributed by atoms with van der Waals surface area (Å²) >= 11 is 0. The van der Waals surface area contributed by atoms with Crippen LogP contribution in [-0.2, 0) is 0 Å². The fraction of sp³-hybridized carbons (Fsp3) is 0.222. The average Bonchev–Trinajstić information content (AvgIpc) is 2.04. The molecular formula is C9H10ClFN2O. The second-order valence-electron chi connectivity index (χ2n) is 2.67. The Balaban J connectivity index is 0.00000169. The summed E-state index contributed by atoms with van der Waals surface area (Å²) in [6.07, 6.45) is 0.0572. The average molecular weight is 217 g/mol. The SMILES string of the molecule is Cl.N#CC[C@@H](N)c1ccc(O)cc1F. The first-order valence-corrected chi connectivity index (χ1v) is 3.76. The number of aromatic hydroxyl groups is 1. The highest BCUT2D eigenvalue weighted by Crippen LogP contribution is 2.21. The largest absolute Gasteiger partial charge is 0.508 e. The van der Waals surface area contributed by atoms with Crippen LogP contribution in [0.2, 0.25) is 0 Å². The Morgan fingerprint density at radius 1 is 1.57 bits per heavy atom. The monoisotopic (exact) mass is 216 g/mol. The number of phenols is 1. The number of nitriles is 1. The van der Waals surface area contributed by atoms with E-state index in [1.165, 1.54) is 12.1 Å². The van der Waals surface area contributed by atoms with Crippen LogP contribution in [0.4, 0.5) is 4.39 Å². The highest BCUT2D eigenvalue weighted by Gasteiger charge is 2.10. The maximum Gasteiger partial charge on any atom is 0.131 e. The minimum absolute atomic E-state index is 0. The van der Waals surface area contributed by atoms with Crippen LogP contribution in [0.25, 0.3) is 0 Å². The lowest BCUT2D eigenvalue weighted by Crippen LogP contribution is -2.10. The predicted molar refractivity (Wildman–Crippen MR) is 52.5 cm³/mol. The molecular weight excluding hydrogens is 207 g/mol. The Morgan fingerprint density at radius 2 is 2.21 bits per heavy atom. The van der Waals surface area contributed by atoms with Gasteiger partial charge in [-0.1, -0.05) is 6.07 Å². The van der Waals surface area contributed by atoms with E-state index in [1.54, 1.807) is 0 Å². The molecule has 5 heteroatoms. The first-order valence-electron chi connectivity index (χ1n) is 3.76. The smallest absolute Gasteiger partial charge is 0.131 e. The molecule has 0 saturated carbocycles. The number of benzene rings is 1. The van der Waals surface area contributed by atoms with Crippen molar-refractivity contribution in [1.29, 1.82) is 5.26 Å². The molecule has 0 bridgehead atoms. The van der Waals surface area contributed by atoms with Crippen LogP contribution in [0.3, 0.4) is 0 Å². The summed E-state index contributed by atoms with van der Waals surface area (Å²) in [6.45, 7) is 0. The van der Waals surface area contributed by atoms with Gasteiger partial charge in [0.15, 0.2) is 0 Å². The van der Waals surface area contributed by atoms with E-state index in [2.05, 4.69) is 0 Å². The molecule has 0 fully saturated rings. The van der Waals surface area contributed by atoms with Gasteiger partial charge in [-0.15, -0.1) is 12.4 Å². The highest BCUT2D eigenvalue weighted by molar-refractivity contribution is 5.85. The first kappa shape index (κ1) is 12.7. The minimum Gasteiger partial charge on any atom is -0.508 e. The Bertz CT molecular complexity index is 351. The third-order valence-electron chi connectivity index (χ3n) is 1.69. The Kier molecular flexibility index (Phi) is 4.92. The maximum absolute atomic E-state index is 13.1. The summed E-state index contributed by atoms with van der Waals surface area (Å²) in [5, 5.41) is 17.2. The van der Waals surface area contributed by atoms with Gasteiger partial charge < -0.3 is 10.8 Å². The second-order valence-corrected chi connectivity index (χ2v) is 2.67. The van der Waals surface area contributed by atoms with Crippen LogP contribution >= 0.6 is 12.4 Å². The number of rotatable bonds is 2. The molecule has 3 N–H and O–H groups in total. The molecule has 0 unspecified atom stereocenters. The lowest BCUT2D eigenvalue weighted by molar-refractivity contribution is 0.466. The van der Waals surface area contributed by atoms with E-state index in [1.807, 2.05) is 6.07 Å². The number of hydrogen-bond acceptors (Lipinski definition) is 3. The summed E-state index contributed by atoms with van der Waals surface area (Å²) in [5.41, 5.74) is 5.76. The number of phenolic OH excluding ortho intramolecular Hbond substituents is 1. The molecule has 0 aliphatic rings. The summed E-state index contributed by atoms with van der Waals surface area (Å²) in [5.74, 6) is -0.729. The maximum atomic E-state index is 13.1. The Labute approximate surface area is 87.4 Å². The van der Waals surface area contributed by atoms with E-state index >= 15 is 0 Å². The van der Waals surface area contributed by atoms with Crippen LogP contribution < -0.4 is 5.73 Å². The molecule has 0 aromatic heterocycles. The number of nitrogens with zero attached hydrogens (tertiary/aromatic N) is 1. The second kappa shape index (κ2) is 5.43. The number of hydrogen-bond donors (Lipinski definition) is 2. The summed E-state index contributed by atoms with van der Waals surface area (Å²) < 4.78 is 13.1. The van der Waals surface area contributed by atoms with Crippen molar-refractivity contribution in [2.24, 2.45) is 5.73 Å². The van der Waals surface area contributed by atoms with E-state index in [-0.39, 0.29) is 30.1 Å². The van der Waals surface area contributed by atoms with Gasteiger partial charge >= 0.3 is 0 Å². The third kappa shape index (κ3) is 2.87. The van der Waals surface area contributed by atoms with Crippen LogP contribution in [-0.4, -0.2) is 5.11 Å². The van der Waals surface area contributed by atoms with Gasteiger partial charge in [-0.05, 0) is 6.07 Å². The first-order chi connectivity index (χ1) is 6.15. The van der Waals surface area contributed by atoms with E-state index in [4.69, 9.17) is 16.1 Å². The molecule has 76 valence electrons. The Morgan fingerprint density at radius 3 is 2.71 bits per heavy atom. The number of halogens is 2. The molecule has 0 saturated heterocycles. The van der Waals surface area contributed by atoms with Crippen molar-refractivity contribution in [2.45, 2.75) is 12.5 Å². The van der Waals surface area contributed by atoms with Gasteiger partial charge in [0.25, 0.3) is 0 Å². The molecule has 1 aromatic rings. The van der Waals surface area contributed by atoms with Gasteiger partial charge in [-0.3, -0.25) is 0 Å². The molecule has 0 heterocycles. The van der Waals surface area contributed by atoms with E-state index < -0.39 is 11.9 Å². The third-order valence-corrected chi connectivity index (χ3v) is 1.69. The van der Waals surface area contributed by atoms with Crippen LogP contribution in [0.15, 0.2) is 18.2 Å². The quantitative estimate of drug-likeness (QED) is 0.793. The van der Waals surface area contributed by atoms with Crippen molar-refractivity contribution in [3.63, 3.8) is 0 Å². The van der Waals surface area contributed by atoms with Crippen molar-refractivity contribution < 1.29 is 9.50 Å². The Hall–Kier alpha value is -1.31. The number of nitrogens with two attached hydrogens (primary N) is 1. The van der Waals surface area contributed by atoms with Crippen molar-refractivity contribution in [1.82, 2.24) is 0 Å². The van der Waals surface area contributed by atoms with Crippen molar-refractivity contribution in [2.75, 3.05) is 0 Å². The lowest BCUT2D eigenvalue weighted by Gasteiger charge is -2.08. The van der Waals surface area contributed by atoms with E-state index in [9.17, 15) is 4.39 Å². The fourth-order valence-corrected chi connectivity index (χ4v) is 1.03. The molecule has 0 spiro atoms. The normalized spacial score (nSPS) is 11.2. The van der Waals surface area contributed by atoms with Gasteiger partial charge in [-0.25, -0.2) is 4.39 Å². The van der Waals surface area contributed by atoms with Crippen LogP contribution in [0, 0.1) is 17.1 Å². The molecule has 1 rings (SSSR count). The van der Waals surface area contributed by atoms with Crippen molar-refractivity contribution >= 4 is 12.4 Å². The molecule has 0 aliphatic carbocycles. The summed E-state index contributed by atoms with van der Waals surface area (Å²) in [7, 11) is 0. The lowest BCUT2D eigenvalue weighted by atomic mass is 10.0. The van der Waals surface area contributed by atoms with E-state index in [0.717, 1.165) is 6.07 Å². The summed E-state index contributed by atoms with van der Waals surface area (Å²) in [4.78, 5) is 0. The van der Waals surface area contributed by atoms with E-state index in [0.29, 0.717) is 0 Å². The fourth-order valence-electron chi connectivity index (χ4n) is 1.03. The standard InChI is InChI=1S/C9H9FN2O.ClH/c10-8-5-6(13)1-2-7(8)9(12)3-4-11;/h1-2,5,9,13H,3,12H2;1H/t9-;/m1./s1. The molecule has 1 atom stereocenters.